The molecule has 2 aromatic rings. The Kier molecular flexibility index (Phi) is 4.76. The van der Waals surface area contributed by atoms with Crippen LogP contribution in [-0.2, 0) is 11.3 Å². The number of hydrogen-bond donors (Lipinski definition) is 2. The number of carboxylic acids is 1. The molecule has 0 aliphatic carbocycles. The molecule has 1 aromatic carbocycles. The Bertz CT molecular complexity index is 591. The van der Waals surface area contributed by atoms with E-state index in [1.54, 1.807) is 18.2 Å². The molecule has 0 saturated heterocycles. The van der Waals surface area contributed by atoms with Crippen LogP contribution in [0, 0.1) is 0 Å². The lowest BCUT2D eigenvalue weighted by molar-refractivity contribution is 0.0695. The van der Waals surface area contributed by atoms with Crippen LogP contribution in [-0.4, -0.2) is 30.3 Å². The highest BCUT2D eigenvalue weighted by atomic mass is 16.5. The Morgan fingerprint density at radius 1 is 1.45 bits per heavy atom. The summed E-state index contributed by atoms with van der Waals surface area (Å²) in [5, 5.41) is 13.2. The molecule has 5 nitrogen and oxygen atoms in total. The van der Waals surface area contributed by atoms with E-state index in [1.165, 1.54) is 0 Å². The van der Waals surface area contributed by atoms with Gasteiger partial charge >= 0.3 is 5.97 Å². The Morgan fingerprint density at radius 2 is 2.20 bits per heavy atom. The van der Waals surface area contributed by atoms with Crippen LogP contribution < -0.4 is 5.32 Å². The van der Waals surface area contributed by atoms with E-state index in [9.17, 15) is 9.90 Å². The zero-order chi connectivity index (χ0) is 14.5. The highest BCUT2D eigenvalue weighted by molar-refractivity contribution is 6.03. The molecule has 1 heterocycles. The highest BCUT2D eigenvalue weighted by Crippen LogP contribution is 2.25. The number of benzene rings is 1. The van der Waals surface area contributed by atoms with Crippen LogP contribution >= 0.6 is 0 Å². The minimum atomic E-state index is -0.968. The first-order valence-electron chi connectivity index (χ1n) is 6.68. The molecule has 5 heteroatoms. The number of ether oxygens (including phenoxy) is 1. The first kappa shape index (κ1) is 14.6. The van der Waals surface area contributed by atoms with E-state index in [-0.39, 0.29) is 11.6 Å². The Hall–Kier alpha value is -1.85. The summed E-state index contributed by atoms with van der Waals surface area (Å²) in [6.07, 6.45) is 0. The number of hydrogen-bond acceptors (Lipinski definition) is 4. The maximum Gasteiger partial charge on any atom is 0.339 e. The van der Waals surface area contributed by atoms with E-state index in [1.807, 2.05) is 19.9 Å². The summed E-state index contributed by atoms with van der Waals surface area (Å²) in [6, 6.07) is 7.29. The van der Waals surface area contributed by atoms with Crippen molar-refractivity contribution in [3.63, 3.8) is 0 Å². The van der Waals surface area contributed by atoms with Crippen molar-refractivity contribution >= 4 is 16.9 Å². The largest absolute Gasteiger partial charge is 0.478 e. The summed E-state index contributed by atoms with van der Waals surface area (Å²) in [7, 11) is 0. The van der Waals surface area contributed by atoms with Gasteiger partial charge in [0.1, 0.15) is 16.9 Å². The van der Waals surface area contributed by atoms with Crippen LogP contribution in [0.4, 0.5) is 0 Å². The lowest BCUT2D eigenvalue weighted by atomic mass is 10.1. The van der Waals surface area contributed by atoms with Gasteiger partial charge in [-0.25, -0.2) is 4.79 Å². The lowest BCUT2D eigenvalue weighted by Crippen LogP contribution is -2.30. The van der Waals surface area contributed by atoms with E-state index in [0.29, 0.717) is 36.5 Å². The van der Waals surface area contributed by atoms with Gasteiger partial charge in [0.05, 0.1) is 13.2 Å². The van der Waals surface area contributed by atoms with Crippen LogP contribution in [0.15, 0.2) is 28.7 Å². The molecule has 0 fully saturated rings. The normalized spacial score (nSPS) is 12.7. The van der Waals surface area contributed by atoms with Crippen LogP contribution in [0.2, 0.25) is 0 Å². The monoisotopic (exact) mass is 277 g/mol. The van der Waals surface area contributed by atoms with Crippen molar-refractivity contribution < 1.29 is 19.1 Å². The third kappa shape index (κ3) is 3.18. The van der Waals surface area contributed by atoms with Crippen LogP contribution in [0.1, 0.15) is 30.0 Å². The number of para-hydroxylation sites is 1. The van der Waals surface area contributed by atoms with Crippen LogP contribution in [0.3, 0.4) is 0 Å². The van der Waals surface area contributed by atoms with Gasteiger partial charge in [-0.15, -0.1) is 0 Å². The number of furan rings is 1. The fourth-order valence-corrected chi connectivity index (χ4v) is 2.08. The second-order valence-electron chi connectivity index (χ2n) is 4.64. The maximum atomic E-state index is 11.4. The van der Waals surface area contributed by atoms with Gasteiger partial charge in [-0.2, -0.15) is 0 Å². The second-order valence-corrected chi connectivity index (χ2v) is 4.64. The van der Waals surface area contributed by atoms with Crippen molar-refractivity contribution in [1.29, 1.82) is 0 Å². The van der Waals surface area contributed by atoms with Crippen molar-refractivity contribution in [2.24, 2.45) is 0 Å². The lowest BCUT2D eigenvalue weighted by Gasteiger charge is -2.12. The third-order valence-corrected chi connectivity index (χ3v) is 3.07. The topological polar surface area (TPSA) is 71.7 Å². The molecule has 1 aromatic heterocycles. The smallest absolute Gasteiger partial charge is 0.339 e. The second kappa shape index (κ2) is 6.54. The summed E-state index contributed by atoms with van der Waals surface area (Å²) < 4.78 is 10.9. The predicted molar refractivity (Wildman–Crippen MR) is 76.0 cm³/mol. The van der Waals surface area contributed by atoms with Gasteiger partial charge in [0.25, 0.3) is 0 Å². The van der Waals surface area contributed by atoms with Gasteiger partial charge in [-0.05, 0) is 19.9 Å². The van der Waals surface area contributed by atoms with Crippen molar-refractivity contribution in [3.8, 4) is 0 Å². The molecular weight excluding hydrogens is 258 g/mol. The van der Waals surface area contributed by atoms with Gasteiger partial charge in [-0.3, -0.25) is 0 Å². The van der Waals surface area contributed by atoms with Gasteiger partial charge < -0.3 is 19.6 Å². The summed E-state index contributed by atoms with van der Waals surface area (Å²) >= 11 is 0. The van der Waals surface area contributed by atoms with Gasteiger partial charge in [0.15, 0.2) is 0 Å². The molecule has 0 bridgehead atoms. The summed E-state index contributed by atoms with van der Waals surface area (Å²) in [4.78, 5) is 11.4. The first-order chi connectivity index (χ1) is 9.63. The average Bonchev–Trinajstić information content (AvgIpc) is 2.81. The molecule has 1 atom stereocenters. The molecule has 2 rings (SSSR count). The Morgan fingerprint density at radius 3 is 2.90 bits per heavy atom. The molecular formula is C15H19NO4. The fraction of sp³-hybridized carbons (Fsp3) is 0.400. The van der Waals surface area contributed by atoms with E-state index in [0.717, 1.165) is 0 Å². The summed E-state index contributed by atoms with van der Waals surface area (Å²) in [5.41, 5.74) is 0.830. The Balaban J connectivity index is 2.17. The third-order valence-electron chi connectivity index (χ3n) is 3.07. The van der Waals surface area contributed by atoms with Crippen molar-refractivity contribution in [3.05, 3.63) is 35.6 Å². The summed E-state index contributed by atoms with van der Waals surface area (Å²) in [5.74, 6) is -0.522. The van der Waals surface area contributed by atoms with Crippen LogP contribution in [0.25, 0.3) is 11.0 Å². The number of nitrogens with one attached hydrogen (secondary N) is 1. The van der Waals surface area contributed by atoms with E-state index < -0.39 is 5.97 Å². The van der Waals surface area contributed by atoms with Gasteiger partial charge in [0, 0.05) is 18.0 Å². The van der Waals surface area contributed by atoms with Crippen molar-refractivity contribution in [2.75, 3.05) is 13.2 Å². The zero-order valence-electron chi connectivity index (χ0n) is 11.7. The standard InChI is InChI=1S/C15H19NO4/c1-3-19-9-10(2)16-8-13-14(15(17)18)11-6-4-5-7-12(11)20-13/h4-7,10,16H,3,8-9H2,1-2H3,(H,17,18). The highest BCUT2D eigenvalue weighted by Gasteiger charge is 2.19. The minimum Gasteiger partial charge on any atom is -0.478 e. The summed E-state index contributed by atoms with van der Waals surface area (Å²) in [6.45, 7) is 5.54. The number of carbonyl (C=O) groups is 1. The minimum absolute atomic E-state index is 0.129. The molecule has 0 amide bonds. The number of fused-ring (bicyclic) bond motifs is 1. The molecule has 0 radical (unpaired) electrons. The molecule has 0 aliphatic rings. The Labute approximate surface area is 117 Å². The van der Waals surface area contributed by atoms with Crippen molar-refractivity contribution in [2.45, 2.75) is 26.4 Å². The fourth-order valence-electron chi connectivity index (χ4n) is 2.08. The van der Waals surface area contributed by atoms with E-state index in [4.69, 9.17) is 9.15 Å². The van der Waals surface area contributed by atoms with Crippen molar-refractivity contribution in [1.82, 2.24) is 5.32 Å². The number of aromatic carboxylic acids is 1. The molecule has 108 valence electrons. The van der Waals surface area contributed by atoms with E-state index in [2.05, 4.69) is 5.32 Å². The molecule has 20 heavy (non-hydrogen) atoms. The molecule has 1 unspecified atom stereocenters. The van der Waals surface area contributed by atoms with Gasteiger partial charge in [0.2, 0.25) is 0 Å². The average molecular weight is 277 g/mol. The maximum absolute atomic E-state index is 11.4. The number of carboxylic acid groups (broad SMARTS) is 1. The van der Waals surface area contributed by atoms with Gasteiger partial charge in [-0.1, -0.05) is 18.2 Å². The molecule has 0 spiro atoms. The first-order valence-corrected chi connectivity index (χ1v) is 6.68. The molecule has 0 aliphatic heterocycles. The molecule has 0 saturated carbocycles. The number of rotatable bonds is 7. The SMILES string of the molecule is CCOCC(C)NCc1oc2ccccc2c1C(=O)O. The zero-order valence-corrected chi connectivity index (χ0v) is 11.7. The molecule has 2 N–H and O–H groups in total. The quantitative estimate of drug-likeness (QED) is 0.814. The predicted octanol–water partition coefficient (Wildman–Crippen LogP) is 2.65. The van der Waals surface area contributed by atoms with E-state index >= 15 is 0 Å². The van der Waals surface area contributed by atoms with Crippen LogP contribution in [0.5, 0.6) is 0 Å².